The van der Waals surface area contributed by atoms with Crippen molar-refractivity contribution in [1.82, 2.24) is 19.6 Å². The maximum absolute atomic E-state index is 13.6. The minimum absolute atomic E-state index is 0.121. The summed E-state index contributed by atoms with van der Waals surface area (Å²) >= 11 is 0. The average molecular weight is 364 g/mol. The molecule has 0 radical (unpaired) electrons. The zero-order valence-corrected chi connectivity index (χ0v) is 14.2. The molecule has 3 heterocycles. The van der Waals surface area contributed by atoms with E-state index in [0.717, 1.165) is 11.3 Å². The Morgan fingerprint density at radius 1 is 1.19 bits per heavy atom. The highest BCUT2D eigenvalue weighted by Crippen LogP contribution is 2.47. The van der Waals surface area contributed by atoms with Gasteiger partial charge in [0.25, 0.3) is 0 Å². The number of fused-ring (bicyclic) bond motifs is 3. The number of rotatable bonds is 2. The predicted octanol–water partition coefficient (Wildman–Crippen LogP) is 4.18. The Labute approximate surface area is 146 Å². The van der Waals surface area contributed by atoms with E-state index in [1.54, 1.807) is 12.3 Å². The van der Waals surface area contributed by atoms with Gasteiger partial charge in [-0.1, -0.05) is 19.9 Å². The Bertz CT molecular complexity index is 973. The Morgan fingerprint density at radius 3 is 2.62 bits per heavy atom. The fourth-order valence-electron chi connectivity index (χ4n) is 3.81. The minimum atomic E-state index is -4.26. The van der Waals surface area contributed by atoms with Gasteiger partial charge in [0.05, 0.1) is 12.1 Å². The first-order chi connectivity index (χ1) is 12.1. The number of nitrogens with zero attached hydrogens (tertiary/aromatic N) is 4. The molecular formula is C18H16F4N4. The highest BCUT2D eigenvalue weighted by molar-refractivity contribution is 5.48. The molecular weight excluding hydrogens is 348 g/mol. The number of halogens is 4. The molecule has 0 aliphatic heterocycles. The standard InChI is InChI=1S/C18H16F4N4/c1-17(2)7-11(13-4-3-10(8-23-13)6-18(20,21)22)12-9-24-15-5-14(19)25-26(15)16(12)17/h3-5,8-9,11H,6-7H2,1-2H3. The van der Waals surface area contributed by atoms with Crippen molar-refractivity contribution in [1.29, 1.82) is 0 Å². The van der Waals surface area contributed by atoms with E-state index in [1.807, 2.05) is 13.8 Å². The monoisotopic (exact) mass is 364 g/mol. The fraction of sp³-hybridized carbons (Fsp3) is 0.389. The van der Waals surface area contributed by atoms with E-state index in [1.165, 1.54) is 22.8 Å². The van der Waals surface area contributed by atoms with Crippen LogP contribution in [0, 0.1) is 5.95 Å². The number of pyridine rings is 1. The molecule has 3 aromatic heterocycles. The first-order valence-corrected chi connectivity index (χ1v) is 8.20. The SMILES string of the molecule is CC1(C)CC(c2ccc(CC(F)(F)F)cn2)c2cnc3cc(F)nn3c21. The van der Waals surface area contributed by atoms with Crippen molar-refractivity contribution in [3.63, 3.8) is 0 Å². The third-order valence-electron chi connectivity index (χ3n) is 4.82. The number of aromatic nitrogens is 4. The predicted molar refractivity (Wildman–Crippen MR) is 86.4 cm³/mol. The van der Waals surface area contributed by atoms with Crippen LogP contribution in [-0.2, 0) is 11.8 Å². The molecule has 1 aliphatic rings. The summed E-state index contributed by atoms with van der Waals surface area (Å²) < 4.78 is 52.6. The van der Waals surface area contributed by atoms with Crippen molar-refractivity contribution >= 4 is 5.65 Å². The van der Waals surface area contributed by atoms with Crippen LogP contribution in [0.1, 0.15) is 48.7 Å². The maximum atomic E-state index is 13.6. The van der Waals surface area contributed by atoms with Gasteiger partial charge in [-0.05, 0) is 18.1 Å². The van der Waals surface area contributed by atoms with Crippen LogP contribution in [0.4, 0.5) is 17.6 Å². The second-order valence-electron chi connectivity index (χ2n) is 7.32. The summed E-state index contributed by atoms with van der Waals surface area (Å²) in [6, 6.07) is 4.36. The molecule has 4 nitrogen and oxygen atoms in total. The van der Waals surface area contributed by atoms with Crippen molar-refractivity contribution in [2.24, 2.45) is 0 Å². The van der Waals surface area contributed by atoms with Crippen LogP contribution >= 0.6 is 0 Å². The van der Waals surface area contributed by atoms with Gasteiger partial charge < -0.3 is 0 Å². The molecule has 0 amide bonds. The molecule has 1 atom stereocenters. The molecule has 0 spiro atoms. The van der Waals surface area contributed by atoms with Gasteiger partial charge in [0.2, 0.25) is 5.95 Å². The van der Waals surface area contributed by atoms with Gasteiger partial charge >= 0.3 is 6.18 Å². The summed E-state index contributed by atoms with van der Waals surface area (Å²) in [5, 5.41) is 3.91. The van der Waals surface area contributed by atoms with E-state index in [9.17, 15) is 17.6 Å². The van der Waals surface area contributed by atoms with Crippen LogP contribution in [-0.4, -0.2) is 25.8 Å². The second kappa shape index (κ2) is 5.49. The van der Waals surface area contributed by atoms with Crippen molar-refractivity contribution in [2.75, 3.05) is 0 Å². The lowest BCUT2D eigenvalue weighted by atomic mass is 9.88. The second-order valence-corrected chi connectivity index (χ2v) is 7.32. The zero-order chi connectivity index (χ0) is 18.7. The minimum Gasteiger partial charge on any atom is -0.260 e. The molecule has 0 fully saturated rings. The first-order valence-electron chi connectivity index (χ1n) is 8.20. The number of hydrogen-bond acceptors (Lipinski definition) is 3. The van der Waals surface area contributed by atoms with Crippen molar-refractivity contribution in [3.05, 3.63) is 59.1 Å². The Hall–Kier alpha value is -2.51. The van der Waals surface area contributed by atoms with Gasteiger partial charge in [-0.25, -0.2) is 9.50 Å². The van der Waals surface area contributed by atoms with E-state index >= 15 is 0 Å². The smallest absolute Gasteiger partial charge is 0.260 e. The molecule has 8 heteroatoms. The van der Waals surface area contributed by atoms with Gasteiger partial charge in [0, 0.05) is 41.1 Å². The van der Waals surface area contributed by atoms with E-state index < -0.39 is 18.5 Å². The fourth-order valence-corrected chi connectivity index (χ4v) is 3.81. The Balaban J connectivity index is 1.75. The summed E-state index contributed by atoms with van der Waals surface area (Å²) in [5.41, 5.74) is 2.67. The largest absolute Gasteiger partial charge is 0.393 e. The summed E-state index contributed by atoms with van der Waals surface area (Å²) in [6.07, 6.45) is -1.60. The molecule has 3 aromatic rings. The van der Waals surface area contributed by atoms with E-state index in [4.69, 9.17) is 0 Å². The first kappa shape index (κ1) is 16.9. The third kappa shape index (κ3) is 2.83. The van der Waals surface area contributed by atoms with Gasteiger partial charge in [-0.15, -0.1) is 5.10 Å². The molecule has 0 N–H and O–H groups in total. The van der Waals surface area contributed by atoms with Gasteiger partial charge in [0.15, 0.2) is 5.65 Å². The topological polar surface area (TPSA) is 43.1 Å². The molecule has 0 saturated heterocycles. The van der Waals surface area contributed by atoms with Crippen LogP contribution < -0.4 is 0 Å². The average Bonchev–Trinajstić information content (AvgIpc) is 3.03. The lowest BCUT2D eigenvalue weighted by Crippen LogP contribution is -2.17. The van der Waals surface area contributed by atoms with Crippen molar-refractivity contribution < 1.29 is 17.6 Å². The van der Waals surface area contributed by atoms with Crippen LogP contribution in [0.5, 0.6) is 0 Å². The molecule has 136 valence electrons. The lowest BCUT2D eigenvalue weighted by Gasteiger charge is -2.19. The number of hydrogen-bond donors (Lipinski definition) is 0. The maximum Gasteiger partial charge on any atom is 0.393 e. The Kier molecular flexibility index (Phi) is 3.58. The highest BCUT2D eigenvalue weighted by atomic mass is 19.4. The molecule has 26 heavy (non-hydrogen) atoms. The summed E-state index contributed by atoms with van der Waals surface area (Å²) in [4.78, 5) is 8.53. The van der Waals surface area contributed by atoms with Crippen LogP contribution in [0.15, 0.2) is 30.6 Å². The van der Waals surface area contributed by atoms with E-state index in [-0.39, 0.29) is 16.9 Å². The molecule has 1 aliphatic carbocycles. The van der Waals surface area contributed by atoms with Crippen LogP contribution in [0.2, 0.25) is 0 Å². The molecule has 4 rings (SSSR count). The lowest BCUT2D eigenvalue weighted by molar-refractivity contribution is -0.127. The van der Waals surface area contributed by atoms with Gasteiger partial charge in [0.1, 0.15) is 0 Å². The van der Waals surface area contributed by atoms with Crippen molar-refractivity contribution in [3.8, 4) is 0 Å². The quantitative estimate of drug-likeness (QED) is 0.641. The highest BCUT2D eigenvalue weighted by Gasteiger charge is 2.41. The van der Waals surface area contributed by atoms with E-state index in [0.29, 0.717) is 17.8 Å². The normalized spacial score (nSPS) is 19.1. The summed E-state index contributed by atoms with van der Waals surface area (Å²) in [6.45, 7) is 4.06. The van der Waals surface area contributed by atoms with Crippen molar-refractivity contribution in [2.45, 2.75) is 44.2 Å². The van der Waals surface area contributed by atoms with E-state index in [2.05, 4.69) is 15.1 Å². The molecule has 0 aromatic carbocycles. The van der Waals surface area contributed by atoms with Gasteiger partial charge in [-0.2, -0.15) is 17.6 Å². The molecule has 1 unspecified atom stereocenters. The van der Waals surface area contributed by atoms with Gasteiger partial charge in [-0.3, -0.25) is 4.98 Å². The zero-order valence-electron chi connectivity index (χ0n) is 14.2. The molecule has 0 bridgehead atoms. The third-order valence-corrected chi connectivity index (χ3v) is 4.82. The van der Waals surface area contributed by atoms with Crippen LogP contribution in [0.3, 0.4) is 0 Å². The number of alkyl halides is 3. The molecule has 0 saturated carbocycles. The summed E-state index contributed by atoms with van der Waals surface area (Å²) in [5.74, 6) is -0.719. The Morgan fingerprint density at radius 2 is 1.96 bits per heavy atom. The van der Waals surface area contributed by atoms with Crippen LogP contribution in [0.25, 0.3) is 5.65 Å². The summed E-state index contributed by atoms with van der Waals surface area (Å²) in [7, 11) is 0.